The second-order valence-electron chi connectivity index (χ2n) is 18.1. The molecule has 4 amide bonds. The molecule has 3 aromatic carbocycles. The minimum atomic E-state index is -0.406. The van der Waals surface area contributed by atoms with E-state index in [1.165, 1.54) is 24.2 Å². The van der Waals surface area contributed by atoms with Gasteiger partial charge in [-0.25, -0.2) is 14.8 Å². The Kier molecular flexibility index (Phi) is 11.4. The van der Waals surface area contributed by atoms with Crippen molar-refractivity contribution in [1.29, 1.82) is 0 Å². The highest BCUT2D eigenvalue weighted by atomic mass is 16.5. The Morgan fingerprint density at radius 2 is 1.51 bits per heavy atom. The van der Waals surface area contributed by atoms with Gasteiger partial charge in [-0.15, -0.1) is 0 Å². The highest BCUT2D eigenvalue weighted by Gasteiger charge is 2.28. The Bertz CT molecular complexity index is 2620. The van der Waals surface area contributed by atoms with Gasteiger partial charge in [-0.1, -0.05) is 50.2 Å². The van der Waals surface area contributed by atoms with Crippen molar-refractivity contribution < 1.29 is 18.9 Å². The van der Waals surface area contributed by atoms with Crippen LogP contribution in [0.1, 0.15) is 80.6 Å². The topological polar surface area (TPSA) is 169 Å². The summed E-state index contributed by atoms with van der Waals surface area (Å²) in [7, 11) is 0. The van der Waals surface area contributed by atoms with E-state index in [-0.39, 0.29) is 29.3 Å². The lowest BCUT2D eigenvalue weighted by atomic mass is 9.95. The van der Waals surface area contributed by atoms with Crippen molar-refractivity contribution >= 4 is 45.9 Å². The lowest BCUT2D eigenvalue weighted by Gasteiger charge is -2.40. The molecule has 15 nitrogen and oxygen atoms in total. The third kappa shape index (κ3) is 9.01. The molecule has 3 aliphatic rings. The number of anilines is 3. The van der Waals surface area contributed by atoms with Crippen LogP contribution in [0.5, 0.6) is 0 Å². The van der Waals surface area contributed by atoms with Gasteiger partial charge in [0.2, 0.25) is 5.91 Å². The van der Waals surface area contributed by atoms with Gasteiger partial charge in [-0.3, -0.25) is 24.7 Å². The number of amides is 4. The van der Waals surface area contributed by atoms with Gasteiger partial charge in [-0.2, -0.15) is 4.98 Å². The van der Waals surface area contributed by atoms with E-state index in [1.54, 1.807) is 11.2 Å². The smallest absolute Gasteiger partial charge is 0.328 e. The van der Waals surface area contributed by atoms with Crippen LogP contribution in [0.15, 0.2) is 83.6 Å². The minimum Gasteiger partial charge on any atom is -0.372 e. The van der Waals surface area contributed by atoms with Crippen LogP contribution >= 0.6 is 0 Å². The molecule has 3 N–H and O–H groups in total. The number of benzene rings is 3. The van der Waals surface area contributed by atoms with E-state index in [0.717, 1.165) is 96.2 Å². The molecule has 63 heavy (non-hydrogen) atoms. The first-order chi connectivity index (χ1) is 30.4. The molecule has 3 saturated heterocycles. The summed E-state index contributed by atoms with van der Waals surface area (Å²) >= 11 is 0. The zero-order valence-electron chi connectivity index (χ0n) is 36.6. The molecule has 0 bridgehead atoms. The van der Waals surface area contributed by atoms with Crippen molar-refractivity contribution in [3.63, 3.8) is 0 Å². The number of hydrogen-bond acceptors (Lipinski definition) is 11. The van der Waals surface area contributed by atoms with Crippen LogP contribution in [0.4, 0.5) is 21.9 Å². The Morgan fingerprint density at radius 3 is 2.17 bits per heavy atom. The molecular formula is C48H55N11O4. The largest absolute Gasteiger partial charge is 0.372 e. The van der Waals surface area contributed by atoms with Gasteiger partial charge in [0.1, 0.15) is 12.0 Å². The number of urea groups is 1. The van der Waals surface area contributed by atoms with Gasteiger partial charge in [-0.05, 0) is 97.8 Å². The average Bonchev–Trinajstić information content (AvgIpc) is 3.97. The number of carbonyl (C=O) groups excluding carboxylic acids is 3. The monoisotopic (exact) mass is 849 g/mol. The number of piperazine rings is 1. The van der Waals surface area contributed by atoms with Crippen LogP contribution in [0.3, 0.4) is 0 Å². The van der Waals surface area contributed by atoms with E-state index >= 15 is 0 Å². The SMILES string of the molecule is Cc1cc(-c2ncnc3[nH]c(-c4ccc(N5CCC(CN6CCN(c7ccc(N8CCC(=O)NC8=O)cc7)CC6)CC5)cc4)cc23)ccc1C(C)NC(=O)c1nc(C(C)(C)C)no1. The molecule has 15 heteroatoms. The van der Waals surface area contributed by atoms with Crippen molar-refractivity contribution in [2.45, 2.75) is 65.3 Å². The van der Waals surface area contributed by atoms with Crippen molar-refractivity contribution in [2.24, 2.45) is 5.92 Å². The molecule has 3 fully saturated rings. The van der Waals surface area contributed by atoms with Gasteiger partial charge in [0, 0.05) is 97.9 Å². The summed E-state index contributed by atoms with van der Waals surface area (Å²) in [6, 6.07) is 24.6. The summed E-state index contributed by atoms with van der Waals surface area (Å²) < 4.78 is 5.25. The molecule has 0 aliphatic carbocycles. The average molecular weight is 850 g/mol. The van der Waals surface area contributed by atoms with Crippen LogP contribution < -0.4 is 25.3 Å². The maximum atomic E-state index is 12.9. The first kappa shape index (κ1) is 41.7. The van der Waals surface area contributed by atoms with Crippen LogP contribution in [-0.4, -0.2) is 100 Å². The van der Waals surface area contributed by atoms with Gasteiger partial charge < -0.3 is 24.6 Å². The summed E-state index contributed by atoms with van der Waals surface area (Å²) in [5, 5.41) is 10.3. The summed E-state index contributed by atoms with van der Waals surface area (Å²) in [4.78, 5) is 63.0. The number of nitrogens with zero attached hydrogens (tertiary/aromatic N) is 8. The van der Waals surface area contributed by atoms with Crippen LogP contribution in [0.2, 0.25) is 0 Å². The number of aromatic nitrogens is 5. The molecule has 9 rings (SSSR count). The highest BCUT2D eigenvalue weighted by Crippen LogP contribution is 2.34. The Morgan fingerprint density at radius 1 is 0.841 bits per heavy atom. The number of hydrogen-bond donors (Lipinski definition) is 3. The molecule has 1 unspecified atom stereocenters. The maximum absolute atomic E-state index is 12.9. The summed E-state index contributed by atoms with van der Waals surface area (Å²) in [5.74, 6) is 0.504. The Hall–Kier alpha value is -6.61. The van der Waals surface area contributed by atoms with Crippen LogP contribution in [-0.2, 0) is 10.2 Å². The second kappa shape index (κ2) is 17.3. The summed E-state index contributed by atoms with van der Waals surface area (Å²) in [6.07, 6.45) is 4.27. The Labute approximate surface area is 367 Å². The second-order valence-corrected chi connectivity index (χ2v) is 18.1. The number of H-pyrrole nitrogens is 1. The minimum absolute atomic E-state index is 0.0452. The molecule has 3 aliphatic heterocycles. The summed E-state index contributed by atoms with van der Waals surface area (Å²) in [6.45, 7) is 17.6. The van der Waals surface area contributed by atoms with Crippen molar-refractivity contribution in [1.82, 2.24) is 40.6 Å². The number of imide groups is 1. The van der Waals surface area contributed by atoms with E-state index in [4.69, 9.17) is 9.51 Å². The van der Waals surface area contributed by atoms with E-state index in [1.807, 2.05) is 58.9 Å². The fraction of sp³-hybridized carbons (Fsp3) is 0.396. The summed E-state index contributed by atoms with van der Waals surface area (Å²) in [5.41, 5.74) is 9.57. The van der Waals surface area contributed by atoms with Crippen molar-refractivity contribution in [2.75, 3.05) is 67.1 Å². The maximum Gasteiger partial charge on any atom is 0.328 e. The third-order valence-corrected chi connectivity index (χ3v) is 12.7. The van der Waals surface area contributed by atoms with E-state index in [2.05, 4.69) is 94.0 Å². The molecule has 1 atom stereocenters. The zero-order valence-corrected chi connectivity index (χ0v) is 36.6. The molecular weight excluding hydrogens is 795 g/mol. The number of nitrogens with one attached hydrogen (secondary N) is 3. The quantitative estimate of drug-likeness (QED) is 0.127. The Balaban J connectivity index is 0.768. The molecule has 0 spiro atoms. The lowest BCUT2D eigenvalue weighted by molar-refractivity contribution is -0.120. The third-order valence-electron chi connectivity index (χ3n) is 12.7. The number of carbonyl (C=O) groups is 3. The number of aromatic amines is 1. The first-order valence-corrected chi connectivity index (χ1v) is 22.0. The van der Waals surface area contributed by atoms with Gasteiger partial charge >= 0.3 is 17.8 Å². The number of fused-ring (bicyclic) bond motifs is 1. The number of piperidine rings is 1. The van der Waals surface area contributed by atoms with Crippen molar-refractivity contribution in [3.05, 3.63) is 102 Å². The van der Waals surface area contributed by atoms with E-state index in [9.17, 15) is 14.4 Å². The molecule has 0 saturated carbocycles. The fourth-order valence-electron chi connectivity index (χ4n) is 9.02. The molecule has 6 aromatic rings. The van der Waals surface area contributed by atoms with E-state index in [0.29, 0.717) is 24.7 Å². The fourth-order valence-corrected chi connectivity index (χ4v) is 9.02. The number of aryl methyl sites for hydroxylation is 1. The van der Waals surface area contributed by atoms with Gasteiger partial charge in [0.25, 0.3) is 0 Å². The van der Waals surface area contributed by atoms with Crippen LogP contribution in [0, 0.1) is 12.8 Å². The predicted octanol–water partition coefficient (Wildman–Crippen LogP) is 7.26. The lowest BCUT2D eigenvalue weighted by Crippen LogP contribution is -2.49. The first-order valence-electron chi connectivity index (χ1n) is 22.0. The molecule has 0 radical (unpaired) electrons. The van der Waals surface area contributed by atoms with Crippen LogP contribution in [0.25, 0.3) is 33.5 Å². The standard InChI is InChI=1S/C48H55N11O4/c1-30-26-34(8-15-38(30)31(2)51-44(61)45-54-46(55-63-45)48(3,4)5)42-39-27-40(52-43(39)50-29-49-42)33-6-9-35(10-7-33)57-19-16-32(17-20-57)28-56-22-24-58(25-23-56)36-11-13-37(14-12-36)59-21-18-41(60)53-47(59)62/h6-15,26-27,29,31-32H,16-25,28H2,1-5H3,(H,51,61)(H,49,50,52)(H,53,60,62). The molecule has 6 heterocycles. The van der Waals surface area contributed by atoms with Gasteiger partial charge in [0.15, 0.2) is 5.82 Å². The highest BCUT2D eigenvalue weighted by molar-refractivity contribution is 6.05. The predicted molar refractivity (Wildman–Crippen MR) is 244 cm³/mol. The number of rotatable bonds is 10. The van der Waals surface area contributed by atoms with E-state index < -0.39 is 5.91 Å². The van der Waals surface area contributed by atoms with Gasteiger partial charge in [0.05, 0.1) is 11.7 Å². The molecule has 326 valence electrons. The van der Waals surface area contributed by atoms with Crippen molar-refractivity contribution in [3.8, 4) is 22.5 Å². The molecule has 3 aromatic heterocycles. The zero-order chi connectivity index (χ0) is 43.8. The normalized spacial score (nSPS) is 17.3.